The average molecular weight is 289 g/mol. The van der Waals surface area contributed by atoms with Gasteiger partial charge < -0.3 is 10.6 Å². The number of thiophene rings is 1. The molecule has 3 N–H and O–H groups in total. The molecular formula is C16H21N2OS+. The van der Waals surface area contributed by atoms with Gasteiger partial charge in [0.2, 0.25) is 0 Å². The van der Waals surface area contributed by atoms with E-state index in [2.05, 4.69) is 40.3 Å². The van der Waals surface area contributed by atoms with Crippen molar-refractivity contribution in [2.24, 2.45) is 0 Å². The summed E-state index contributed by atoms with van der Waals surface area (Å²) in [7, 11) is 0. The van der Waals surface area contributed by atoms with Gasteiger partial charge in [-0.25, -0.2) is 0 Å². The quantitative estimate of drug-likeness (QED) is 0.838. The topological polar surface area (TPSA) is 45.7 Å². The van der Waals surface area contributed by atoms with Crippen LogP contribution in [0.4, 0.5) is 0 Å². The van der Waals surface area contributed by atoms with E-state index in [1.54, 1.807) is 11.3 Å². The minimum absolute atomic E-state index is 0.0880. The number of rotatable bonds is 6. The third-order valence-electron chi connectivity index (χ3n) is 3.25. The van der Waals surface area contributed by atoms with Crippen molar-refractivity contribution < 1.29 is 10.1 Å². The minimum atomic E-state index is -0.109. The molecule has 0 spiro atoms. The van der Waals surface area contributed by atoms with Crippen LogP contribution in [0.3, 0.4) is 0 Å². The van der Waals surface area contributed by atoms with Crippen molar-refractivity contribution in [2.75, 3.05) is 6.54 Å². The van der Waals surface area contributed by atoms with Crippen LogP contribution in [0, 0.1) is 0 Å². The molecule has 4 heteroatoms. The average Bonchev–Trinajstić information content (AvgIpc) is 2.99. The molecule has 1 heterocycles. The van der Waals surface area contributed by atoms with Crippen molar-refractivity contribution in [1.29, 1.82) is 0 Å². The van der Waals surface area contributed by atoms with E-state index in [4.69, 9.17) is 0 Å². The molecule has 1 aromatic heterocycles. The third kappa shape index (κ3) is 3.68. The van der Waals surface area contributed by atoms with Crippen LogP contribution in [0.1, 0.15) is 30.3 Å². The fourth-order valence-corrected chi connectivity index (χ4v) is 3.04. The molecule has 0 aliphatic rings. The normalized spacial score (nSPS) is 13.7. The highest BCUT2D eigenvalue weighted by Gasteiger charge is 2.24. The first-order valence-corrected chi connectivity index (χ1v) is 7.81. The molecule has 0 aliphatic carbocycles. The summed E-state index contributed by atoms with van der Waals surface area (Å²) < 4.78 is 0. The number of carbonyl (C=O) groups is 1. The number of carbonyl (C=O) groups excluding carboxylic acids is 1. The van der Waals surface area contributed by atoms with Crippen LogP contribution < -0.4 is 10.6 Å². The van der Waals surface area contributed by atoms with E-state index in [0.29, 0.717) is 6.54 Å². The third-order valence-corrected chi connectivity index (χ3v) is 4.21. The van der Waals surface area contributed by atoms with Gasteiger partial charge >= 0.3 is 0 Å². The largest absolute Gasteiger partial charge is 0.351 e. The maximum absolute atomic E-state index is 11.9. The number of hydrogen-bond donors (Lipinski definition) is 2. The van der Waals surface area contributed by atoms with Crippen molar-refractivity contribution in [3.05, 3.63) is 58.3 Å². The summed E-state index contributed by atoms with van der Waals surface area (Å²) in [6.07, 6.45) is 0. The van der Waals surface area contributed by atoms with E-state index >= 15 is 0 Å². The molecule has 0 saturated heterocycles. The second-order valence-corrected chi connectivity index (χ2v) is 5.76. The number of hydrogen-bond acceptors (Lipinski definition) is 2. The van der Waals surface area contributed by atoms with Crippen LogP contribution in [0.2, 0.25) is 0 Å². The number of benzene rings is 1. The first-order chi connectivity index (χ1) is 9.72. The highest BCUT2D eigenvalue weighted by molar-refractivity contribution is 7.10. The zero-order chi connectivity index (χ0) is 14.4. The van der Waals surface area contributed by atoms with Crippen LogP contribution in [0.25, 0.3) is 0 Å². The number of amides is 1. The fraction of sp³-hybridized carbons (Fsp3) is 0.312. The molecule has 2 atom stereocenters. The molecular weight excluding hydrogens is 268 g/mol. The van der Waals surface area contributed by atoms with Crippen molar-refractivity contribution in [1.82, 2.24) is 5.32 Å². The lowest BCUT2D eigenvalue weighted by Gasteiger charge is -2.19. The van der Waals surface area contributed by atoms with E-state index in [-0.39, 0.29) is 18.0 Å². The van der Waals surface area contributed by atoms with E-state index < -0.39 is 0 Å². The van der Waals surface area contributed by atoms with Crippen molar-refractivity contribution >= 4 is 17.2 Å². The summed E-state index contributed by atoms with van der Waals surface area (Å²) in [6.45, 7) is 4.57. The SMILES string of the molecule is CCNC(=O)[C@@H](C)[NH2+][C@H](c1ccccc1)c1cccs1. The van der Waals surface area contributed by atoms with Crippen LogP contribution in [-0.2, 0) is 4.79 Å². The second-order valence-electron chi connectivity index (χ2n) is 4.78. The van der Waals surface area contributed by atoms with Crippen molar-refractivity contribution in [3.8, 4) is 0 Å². The van der Waals surface area contributed by atoms with E-state index in [0.717, 1.165) is 0 Å². The highest BCUT2D eigenvalue weighted by atomic mass is 32.1. The molecule has 1 amide bonds. The molecule has 2 aromatic rings. The summed E-state index contributed by atoms with van der Waals surface area (Å²) >= 11 is 1.73. The van der Waals surface area contributed by atoms with Gasteiger partial charge in [-0.05, 0) is 25.3 Å². The number of nitrogens with two attached hydrogens (primary N) is 1. The molecule has 106 valence electrons. The Balaban J connectivity index is 2.18. The molecule has 20 heavy (non-hydrogen) atoms. The Bertz CT molecular complexity index is 525. The van der Waals surface area contributed by atoms with Crippen molar-refractivity contribution in [2.45, 2.75) is 25.9 Å². The zero-order valence-electron chi connectivity index (χ0n) is 11.9. The van der Waals surface area contributed by atoms with Gasteiger partial charge in [-0.1, -0.05) is 36.4 Å². The van der Waals surface area contributed by atoms with Crippen LogP contribution >= 0.6 is 11.3 Å². The molecule has 0 bridgehead atoms. The lowest BCUT2D eigenvalue weighted by atomic mass is 10.0. The van der Waals surface area contributed by atoms with E-state index in [1.165, 1.54) is 10.4 Å². The van der Waals surface area contributed by atoms with Gasteiger partial charge in [0.1, 0.15) is 6.04 Å². The molecule has 0 fully saturated rings. The Morgan fingerprint density at radius 1 is 1.25 bits per heavy atom. The highest BCUT2D eigenvalue weighted by Crippen LogP contribution is 2.22. The standard InChI is InChI=1S/C16H20N2OS/c1-3-17-16(19)12(2)18-15(14-10-7-11-20-14)13-8-5-4-6-9-13/h4-12,15,18H,3H2,1-2H3,(H,17,19)/p+1/t12-,15-/m1/s1. The Morgan fingerprint density at radius 2 is 2.00 bits per heavy atom. The van der Waals surface area contributed by atoms with Gasteiger partial charge in [0.25, 0.3) is 5.91 Å². The molecule has 3 nitrogen and oxygen atoms in total. The maximum Gasteiger partial charge on any atom is 0.277 e. The Morgan fingerprint density at radius 3 is 2.60 bits per heavy atom. The molecule has 0 aliphatic heterocycles. The van der Waals surface area contributed by atoms with Crippen LogP contribution in [0.15, 0.2) is 47.8 Å². The van der Waals surface area contributed by atoms with Gasteiger partial charge in [0.05, 0.1) is 4.88 Å². The molecule has 2 rings (SSSR count). The lowest BCUT2D eigenvalue weighted by Crippen LogP contribution is -2.92. The van der Waals surface area contributed by atoms with E-state index in [1.807, 2.05) is 32.0 Å². The van der Waals surface area contributed by atoms with Gasteiger partial charge in [0, 0.05) is 12.1 Å². The van der Waals surface area contributed by atoms with Gasteiger partial charge in [0.15, 0.2) is 6.04 Å². The smallest absolute Gasteiger partial charge is 0.277 e. The fourth-order valence-electron chi connectivity index (χ4n) is 2.21. The predicted molar refractivity (Wildman–Crippen MR) is 82.7 cm³/mol. The Kier molecular flexibility index (Phi) is 5.32. The summed E-state index contributed by atoms with van der Waals surface area (Å²) in [5, 5.41) is 7.09. The molecule has 1 aromatic carbocycles. The van der Waals surface area contributed by atoms with Gasteiger partial charge in [-0.2, -0.15) is 0 Å². The monoisotopic (exact) mass is 289 g/mol. The summed E-state index contributed by atoms with van der Waals surface area (Å²) in [5.41, 5.74) is 1.23. The van der Waals surface area contributed by atoms with Gasteiger partial charge in [-0.3, -0.25) is 4.79 Å². The zero-order valence-corrected chi connectivity index (χ0v) is 12.7. The summed E-state index contributed by atoms with van der Waals surface area (Å²) in [6, 6.07) is 14.6. The number of quaternary nitrogens is 1. The first kappa shape index (κ1) is 14.8. The maximum atomic E-state index is 11.9. The van der Waals surface area contributed by atoms with E-state index in [9.17, 15) is 4.79 Å². The number of nitrogens with one attached hydrogen (secondary N) is 1. The predicted octanol–water partition coefficient (Wildman–Crippen LogP) is 1.93. The Hall–Kier alpha value is -1.65. The lowest BCUT2D eigenvalue weighted by molar-refractivity contribution is -0.704. The minimum Gasteiger partial charge on any atom is -0.351 e. The van der Waals surface area contributed by atoms with Gasteiger partial charge in [-0.15, -0.1) is 11.3 Å². The van der Waals surface area contributed by atoms with Crippen molar-refractivity contribution in [3.63, 3.8) is 0 Å². The second kappa shape index (κ2) is 7.22. The van der Waals surface area contributed by atoms with Crippen LogP contribution in [0.5, 0.6) is 0 Å². The molecule has 0 radical (unpaired) electrons. The molecule has 0 saturated carbocycles. The summed E-state index contributed by atoms with van der Waals surface area (Å²) in [5.74, 6) is 0.0880. The summed E-state index contributed by atoms with van der Waals surface area (Å²) in [4.78, 5) is 13.2. The first-order valence-electron chi connectivity index (χ1n) is 6.93. The van der Waals surface area contributed by atoms with Crippen LogP contribution in [-0.4, -0.2) is 18.5 Å². The molecule has 0 unspecified atom stereocenters. The Labute approximate surface area is 124 Å². The number of likely N-dealkylation sites (N-methyl/N-ethyl adjacent to an activating group) is 1.